The molecule has 3 N–H and O–H groups in total. The highest BCUT2D eigenvalue weighted by Crippen LogP contribution is 2.26. The summed E-state index contributed by atoms with van der Waals surface area (Å²) in [4.78, 5) is 14.2. The highest BCUT2D eigenvalue weighted by Gasteiger charge is 2.22. The predicted octanol–water partition coefficient (Wildman–Crippen LogP) is 2.72. The van der Waals surface area contributed by atoms with Gasteiger partial charge in [-0.1, -0.05) is 6.92 Å². The van der Waals surface area contributed by atoms with Crippen LogP contribution in [0.25, 0.3) is 0 Å². The Morgan fingerprint density at radius 3 is 2.45 bits per heavy atom. The first-order chi connectivity index (χ1) is 9.54. The van der Waals surface area contributed by atoms with Crippen LogP contribution < -0.4 is 11.1 Å². The summed E-state index contributed by atoms with van der Waals surface area (Å²) in [5.74, 6) is 0.874. The summed E-state index contributed by atoms with van der Waals surface area (Å²) < 4.78 is 0. The topological polar surface area (TPSA) is 58.4 Å². The Labute approximate surface area is 121 Å². The third kappa shape index (κ3) is 4.23. The molecule has 0 aromatic heterocycles. The largest absolute Gasteiger partial charge is 0.399 e. The minimum Gasteiger partial charge on any atom is -0.399 e. The van der Waals surface area contributed by atoms with Crippen LogP contribution in [0.15, 0.2) is 24.3 Å². The zero-order valence-electron chi connectivity index (χ0n) is 12.4. The van der Waals surface area contributed by atoms with Gasteiger partial charge in [0, 0.05) is 17.4 Å². The first-order valence-corrected chi connectivity index (χ1v) is 7.40. The summed E-state index contributed by atoms with van der Waals surface area (Å²) in [6.45, 7) is 2.76. The molecule has 110 valence electrons. The number of rotatable bonds is 4. The van der Waals surface area contributed by atoms with E-state index in [0.717, 1.165) is 11.6 Å². The van der Waals surface area contributed by atoms with E-state index in [1.807, 2.05) is 19.2 Å². The van der Waals surface area contributed by atoms with Gasteiger partial charge in [0.2, 0.25) is 5.91 Å². The van der Waals surface area contributed by atoms with Gasteiger partial charge in [0.05, 0.1) is 6.54 Å². The van der Waals surface area contributed by atoms with Crippen molar-refractivity contribution in [1.29, 1.82) is 0 Å². The number of nitrogens with one attached hydrogen (secondary N) is 1. The Bertz CT molecular complexity index is 436. The number of anilines is 2. The maximum atomic E-state index is 12.0. The van der Waals surface area contributed by atoms with Crippen molar-refractivity contribution in [2.45, 2.75) is 38.6 Å². The van der Waals surface area contributed by atoms with Gasteiger partial charge in [0.1, 0.15) is 0 Å². The molecular formula is C16H25N3O. The van der Waals surface area contributed by atoms with E-state index >= 15 is 0 Å². The smallest absolute Gasteiger partial charge is 0.238 e. The summed E-state index contributed by atoms with van der Waals surface area (Å²) in [6, 6.07) is 7.79. The summed E-state index contributed by atoms with van der Waals surface area (Å²) in [5.41, 5.74) is 7.13. The zero-order chi connectivity index (χ0) is 14.5. The molecule has 0 saturated heterocycles. The second kappa shape index (κ2) is 6.75. The van der Waals surface area contributed by atoms with Gasteiger partial charge >= 0.3 is 0 Å². The number of likely N-dealkylation sites (N-methyl/N-ethyl adjacent to an activating group) is 1. The Morgan fingerprint density at radius 1 is 1.25 bits per heavy atom. The molecule has 4 nitrogen and oxygen atoms in total. The van der Waals surface area contributed by atoms with Gasteiger partial charge in [-0.15, -0.1) is 0 Å². The fraction of sp³-hybridized carbons (Fsp3) is 0.562. The molecule has 20 heavy (non-hydrogen) atoms. The standard InChI is InChI=1S/C16H25N3O/c1-12-3-9-15(10-4-12)19(2)11-16(20)18-14-7-5-13(17)6-8-14/h5-8,12,15H,3-4,9-11,17H2,1-2H3,(H,18,20). The number of nitrogens with zero attached hydrogens (tertiary/aromatic N) is 1. The fourth-order valence-corrected chi connectivity index (χ4v) is 2.81. The van der Waals surface area contributed by atoms with Crippen LogP contribution in [0.2, 0.25) is 0 Å². The SMILES string of the molecule is CC1CCC(N(C)CC(=O)Nc2ccc(N)cc2)CC1. The van der Waals surface area contributed by atoms with Crippen LogP contribution in [0.3, 0.4) is 0 Å². The molecule has 2 rings (SSSR count). The van der Waals surface area contributed by atoms with Crippen molar-refractivity contribution in [3.63, 3.8) is 0 Å². The van der Waals surface area contributed by atoms with Gasteiger partial charge < -0.3 is 11.1 Å². The van der Waals surface area contributed by atoms with Crippen LogP contribution >= 0.6 is 0 Å². The van der Waals surface area contributed by atoms with Crippen LogP contribution in [-0.2, 0) is 4.79 Å². The van der Waals surface area contributed by atoms with Crippen LogP contribution in [0.4, 0.5) is 11.4 Å². The van der Waals surface area contributed by atoms with E-state index in [1.165, 1.54) is 25.7 Å². The minimum absolute atomic E-state index is 0.0379. The van der Waals surface area contributed by atoms with Gasteiger partial charge in [0.25, 0.3) is 0 Å². The molecule has 1 aromatic rings. The average Bonchev–Trinajstić information content (AvgIpc) is 2.42. The van der Waals surface area contributed by atoms with Gasteiger partial charge in [-0.2, -0.15) is 0 Å². The van der Waals surface area contributed by atoms with E-state index in [2.05, 4.69) is 17.1 Å². The Hall–Kier alpha value is -1.55. The Balaban J connectivity index is 1.80. The van der Waals surface area contributed by atoms with Crippen LogP contribution in [0.5, 0.6) is 0 Å². The lowest BCUT2D eigenvalue weighted by Gasteiger charge is -2.33. The lowest BCUT2D eigenvalue weighted by atomic mass is 9.87. The maximum absolute atomic E-state index is 12.0. The van der Waals surface area contributed by atoms with E-state index in [1.54, 1.807) is 12.1 Å². The minimum atomic E-state index is 0.0379. The normalized spacial score (nSPS) is 22.8. The van der Waals surface area contributed by atoms with E-state index in [4.69, 9.17) is 5.73 Å². The Kier molecular flexibility index (Phi) is 5.01. The van der Waals surface area contributed by atoms with Crippen molar-refractivity contribution in [2.75, 3.05) is 24.6 Å². The quantitative estimate of drug-likeness (QED) is 0.831. The monoisotopic (exact) mass is 275 g/mol. The number of nitrogens with two attached hydrogens (primary N) is 1. The lowest BCUT2D eigenvalue weighted by Crippen LogP contribution is -2.39. The summed E-state index contributed by atoms with van der Waals surface area (Å²) in [6.07, 6.45) is 4.95. The van der Waals surface area contributed by atoms with Crippen molar-refractivity contribution in [1.82, 2.24) is 4.90 Å². The van der Waals surface area contributed by atoms with Gasteiger partial charge in [-0.25, -0.2) is 0 Å². The highest BCUT2D eigenvalue weighted by atomic mass is 16.2. The maximum Gasteiger partial charge on any atom is 0.238 e. The molecule has 1 aliphatic carbocycles. The molecule has 0 aliphatic heterocycles. The van der Waals surface area contributed by atoms with Crippen molar-refractivity contribution in [3.8, 4) is 0 Å². The molecule has 1 aromatic carbocycles. The fourth-order valence-electron chi connectivity index (χ4n) is 2.81. The van der Waals surface area contributed by atoms with E-state index in [0.29, 0.717) is 18.3 Å². The van der Waals surface area contributed by atoms with E-state index in [9.17, 15) is 4.79 Å². The molecule has 1 fully saturated rings. The molecule has 0 radical (unpaired) electrons. The number of benzene rings is 1. The van der Waals surface area contributed by atoms with Gasteiger partial charge in [-0.3, -0.25) is 9.69 Å². The number of amides is 1. The Morgan fingerprint density at radius 2 is 1.85 bits per heavy atom. The number of hydrogen-bond acceptors (Lipinski definition) is 3. The molecule has 1 amide bonds. The van der Waals surface area contributed by atoms with Crippen molar-refractivity contribution >= 4 is 17.3 Å². The first-order valence-electron chi connectivity index (χ1n) is 7.40. The van der Waals surface area contributed by atoms with Crippen molar-refractivity contribution in [2.24, 2.45) is 5.92 Å². The number of carbonyl (C=O) groups is 1. The van der Waals surface area contributed by atoms with Crippen molar-refractivity contribution < 1.29 is 4.79 Å². The van der Waals surface area contributed by atoms with Crippen molar-refractivity contribution in [3.05, 3.63) is 24.3 Å². The molecule has 0 atom stereocenters. The lowest BCUT2D eigenvalue weighted by molar-refractivity contribution is -0.117. The van der Waals surface area contributed by atoms with E-state index < -0.39 is 0 Å². The first kappa shape index (κ1) is 14.9. The van der Waals surface area contributed by atoms with Crippen LogP contribution in [0.1, 0.15) is 32.6 Å². The average molecular weight is 275 g/mol. The van der Waals surface area contributed by atoms with Crippen LogP contribution in [0, 0.1) is 5.92 Å². The van der Waals surface area contributed by atoms with Gasteiger partial charge in [-0.05, 0) is 62.9 Å². The molecule has 1 saturated carbocycles. The summed E-state index contributed by atoms with van der Waals surface area (Å²) in [5, 5.41) is 2.91. The number of hydrogen-bond donors (Lipinski definition) is 2. The number of nitrogen functional groups attached to an aromatic ring is 1. The predicted molar refractivity (Wildman–Crippen MR) is 83.5 cm³/mol. The van der Waals surface area contributed by atoms with E-state index in [-0.39, 0.29) is 5.91 Å². The zero-order valence-corrected chi connectivity index (χ0v) is 12.4. The molecule has 0 unspecified atom stereocenters. The molecular weight excluding hydrogens is 250 g/mol. The third-order valence-corrected chi connectivity index (χ3v) is 4.20. The molecule has 0 spiro atoms. The van der Waals surface area contributed by atoms with Gasteiger partial charge in [0.15, 0.2) is 0 Å². The molecule has 0 bridgehead atoms. The highest BCUT2D eigenvalue weighted by molar-refractivity contribution is 5.92. The summed E-state index contributed by atoms with van der Waals surface area (Å²) in [7, 11) is 2.04. The third-order valence-electron chi connectivity index (χ3n) is 4.20. The molecule has 0 heterocycles. The molecule has 1 aliphatic rings. The number of carbonyl (C=O) groups excluding carboxylic acids is 1. The second-order valence-corrected chi connectivity index (χ2v) is 6.00. The second-order valence-electron chi connectivity index (χ2n) is 6.00. The van der Waals surface area contributed by atoms with Crippen LogP contribution in [-0.4, -0.2) is 30.4 Å². The molecule has 4 heteroatoms. The summed E-state index contributed by atoms with van der Waals surface area (Å²) >= 11 is 0.